The Balaban J connectivity index is 2.71. The van der Waals surface area contributed by atoms with Crippen molar-refractivity contribution in [2.24, 2.45) is 0 Å². The van der Waals surface area contributed by atoms with Gasteiger partial charge in [-0.25, -0.2) is 12.3 Å². The first-order chi connectivity index (χ1) is 5.58. The number of halogens is 3. The van der Waals surface area contributed by atoms with Crippen LogP contribution in [0.2, 0.25) is 0 Å². The minimum atomic E-state index is -5.52. The molecule has 0 nitrogen and oxygen atoms in total. The molecular formula is C8H7F3Si. The molecular weight excluding hydrogens is 181 g/mol. The van der Waals surface area contributed by atoms with Crippen molar-refractivity contribution >= 4 is 15.2 Å². The third-order valence-electron chi connectivity index (χ3n) is 1.26. The summed E-state index contributed by atoms with van der Waals surface area (Å²) in [6, 6.07) is 8.45. The lowest BCUT2D eigenvalue weighted by Gasteiger charge is -1.93. The van der Waals surface area contributed by atoms with Crippen molar-refractivity contribution in [3.8, 4) is 0 Å². The van der Waals surface area contributed by atoms with Crippen LogP contribution in [0.4, 0.5) is 12.3 Å². The van der Waals surface area contributed by atoms with E-state index < -0.39 is 9.08 Å². The Bertz CT molecular complexity index is 263. The van der Waals surface area contributed by atoms with Crippen LogP contribution in [-0.4, -0.2) is 9.08 Å². The minimum Gasteiger partial charge on any atom is -0.234 e. The molecule has 12 heavy (non-hydrogen) atoms. The first-order valence-electron chi connectivity index (χ1n) is 3.39. The van der Waals surface area contributed by atoms with E-state index in [2.05, 4.69) is 0 Å². The van der Waals surface area contributed by atoms with Crippen LogP contribution in [0.1, 0.15) is 5.56 Å². The van der Waals surface area contributed by atoms with Gasteiger partial charge in [-0.1, -0.05) is 36.4 Å². The highest BCUT2D eigenvalue weighted by molar-refractivity contribution is 6.64. The summed E-state index contributed by atoms with van der Waals surface area (Å²) in [5.41, 5.74) is 0.949. The molecule has 0 fully saturated rings. The van der Waals surface area contributed by atoms with Crippen molar-refractivity contribution in [3.05, 3.63) is 41.6 Å². The molecule has 0 unspecified atom stereocenters. The molecule has 0 N–H and O–H groups in total. The van der Waals surface area contributed by atoms with E-state index in [1.54, 1.807) is 30.3 Å². The fourth-order valence-corrected chi connectivity index (χ4v) is 1.14. The second-order valence-corrected chi connectivity index (χ2v) is 3.70. The van der Waals surface area contributed by atoms with Gasteiger partial charge in [-0.15, -0.1) is 0 Å². The topological polar surface area (TPSA) is 0 Å². The molecule has 1 rings (SSSR count). The molecule has 1 aromatic rings. The average molecular weight is 188 g/mol. The lowest BCUT2D eigenvalue weighted by atomic mass is 10.2. The molecule has 0 saturated heterocycles. The van der Waals surface area contributed by atoms with Gasteiger partial charge >= 0.3 is 9.08 Å². The van der Waals surface area contributed by atoms with Gasteiger partial charge in [-0.05, 0) is 11.3 Å². The van der Waals surface area contributed by atoms with Gasteiger partial charge in [-0.3, -0.25) is 0 Å². The van der Waals surface area contributed by atoms with Crippen molar-refractivity contribution in [3.63, 3.8) is 0 Å². The summed E-state index contributed by atoms with van der Waals surface area (Å²) in [5, 5.41) is 0. The molecule has 0 aliphatic carbocycles. The highest BCUT2D eigenvalue weighted by Gasteiger charge is 2.32. The Morgan fingerprint density at radius 2 is 1.58 bits per heavy atom. The smallest absolute Gasteiger partial charge is 0.234 e. The van der Waals surface area contributed by atoms with E-state index in [9.17, 15) is 12.3 Å². The zero-order valence-corrected chi connectivity index (χ0v) is 7.18. The second kappa shape index (κ2) is 3.58. The molecule has 0 spiro atoms. The number of benzene rings is 1. The summed E-state index contributed by atoms with van der Waals surface area (Å²) in [4.78, 5) is 0. The Labute approximate surface area is 69.9 Å². The third-order valence-corrected chi connectivity index (χ3v) is 1.81. The van der Waals surface area contributed by atoms with Gasteiger partial charge in [0.25, 0.3) is 0 Å². The van der Waals surface area contributed by atoms with Crippen molar-refractivity contribution in [1.82, 2.24) is 0 Å². The van der Waals surface area contributed by atoms with E-state index in [1.165, 1.54) is 0 Å². The van der Waals surface area contributed by atoms with Crippen LogP contribution < -0.4 is 0 Å². The number of rotatable bonds is 2. The van der Waals surface area contributed by atoms with Gasteiger partial charge in [0.2, 0.25) is 0 Å². The Morgan fingerprint density at radius 1 is 1.00 bits per heavy atom. The van der Waals surface area contributed by atoms with Crippen LogP contribution in [0, 0.1) is 0 Å². The molecule has 1 aromatic carbocycles. The molecule has 0 amide bonds. The lowest BCUT2D eigenvalue weighted by Crippen LogP contribution is -2.09. The van der Waals surface area contributed by atoms with Crippen molar-refractivity contribution < 1.29 is 12.3 Å². The minimum absolute atomic E-state index is 0.363. The summed E-state index contributed by atoms with van der Waals surface area (Å²) < 4.78 is 35.4. The van der Waals surface area contributed by atoms with Crippen LogP contribution in [0.15, 0.2) is 36.0 Å². The van der Waals surface area contributed by atoms with Gasteiger partial charge in [0, 0.05) is 0 Å². The summed E-state index contributed by atoms with van der Waals surface area (Å²) >= 11 is 0. The van der Waals surface area contributed by atoms with Gasteiger partial charge in [-0.2, -0.15) is 0 Å². The second-order valence-electron chi connectivity index (χ2n) is 2.29. The Kier molecular flexibility index (Phi) is 2.70. The van der Waals surface area contributed by atoms with Crippen LogP contribution in [0.25, 0.3) is 6.08 Å². The Morgan fingerprint density at radius 3 is 2.08 bits per heavy atom. The summed E-state index contributed by atoms with van der Waals surface area (Å²) in [6.45, 7) is 0. The van der Waals surface area contributed by atoms with E-state index in [0.29, 0.717) is 11.3 Å². The van der Waals surface area contributed by atoms with E-state index >= 15 is 0 Å². The van der Waals surface area contributed by atoms with Gasteiger partial charge in [0.05, 0.1) is 0 Å². The average Bonchev–Trinajstić information content (AvgIpc) is 2.02. The first kappa shape index (κ1) is 9.06. The molecule has 0 saturated carbocycles. The van der Waals surface area contributed by atoms with Crippen LogP contribution >= 0.6 is 0 Å². The largest absolute Gasteiger partial charge is 0.645 e. The standard InChI is InChI=1S/C8H7F3Si/c9-12(10,11)7-6-8-4-2-1-3-5-8/h1-7H/b7-6+. The lowest BCUT2D eigenvalue weighted by molar-refractivity contribution is 0.499. The van der Waals surface area contributed by atoms with E-state index in [1.807, 2.05) is 0 Å². The normalized spacial score (nSPS) is 12.2. The molecule has 0 aliphatic rings. The SMILES string of the molecule is F[Si](F)(F)/C=C/c1ccccc1. The van der Waals surface area contributed by atoms with E-state index in [4.69, 9.17) is 0 Å². The van der Waals surface area contributed by atoms with Gasteiger partial charge in [0.15, 0.2) is 0 Å². The predicted octanol–water partition coefficient (Wildman–Crippen LogP) is 3.09. The molecule has 0 bridgehead atoms. The number of hydrogen-bond donors (Lipinski definition) is 0. The molecule has 0 radical (unpaired) electrons. The first-order valence-corrected chi connectivity index (χ1v) is 5.10. The van der Waals surface area contributed by atoms with Crippen molar-refractivity contribution in [1.29, 1.82) is 0 Å². The quantitative estimate of drug-likeness (QED) is 0.494. The van der Waals surface area contributed by atoms with E-state index in [0.717, 1.165) is 6.08 Å². The highest BCUT2D eigenvalue weighted by atomic mass is 28.5. The molecule has 64 valence electrons. The molecule has 4 heteroatoms. The summed E-state index contributed by atoms with van der Waals surface area (Å²) in [5.74, 6) is 0. The van der Waals surface area contributed by atoms with Gasteiger partial charge in [0.1, 0.15) is 0 Å². The fraction of sp³-hybridized carbons (Fsp3) is 0. The monoisotopic (exact) mass is 188 g/mol. The summed E-state index contributed by atoms with van der Waals surface area (Å²) in [6.07, 6.45) is 1.10. The third kappa shape index (κ3) is 3.38. The molecule has 0 heterocycles. The van der Waals surface area contributed by atoms with Crippen LogP contribution in [0.5, 0.6) is 0 Å². The van der Waals surface area contributed by atoms with Crippen LogP contribution in [-0.2, 0) is 0 Å². The van der Waals surface area contributed by atoms with Crippen molar-refractivity contribution in [2.45, 2.75) is 0 Å². The molecule has 0 aliphatic heterocycles. The highest BCUT2D eigenvalue weighted by Crippen LogP contribution is 2.12. The molecule has 0 atom stereocenters. The maximum Gasteiger partial charge on any atom is 0.645 e. The predicted molar refractivity (Wildman–Crippen MR) is 44.6 cm³/mol. The zero-order chi connectivity index (χ0) is 9.03. The summed E-state index contributed by atoms with van der Waals surface area (Å²) in [7, 11) is -5.52. The maximum absolute atomic E-state index is 11.8. The Hall–Kier alpha value is -1.03. The van der Waals surface area contributed by atoms with Crippen LogP contribution in [0.3, 0.4) is 0 Å². The van der Waals surface area contributed by atoms with Crippen molar-refractivity contribution in [2.75, 3.05) is 0 Å². The number of hydrogen-bond acceptors (Lipinski definition) is 0. The van der Waals surface area contributed by atoms with E-state index in [-0.39, 0.29) is 0 Å². The maximum atomic E-state index is 11.8. The zero-order valence-electron chi connectivity index (χ0n) is 6.18. The molecule has 0 aromatic heterocycles. The van der Waals surface area contributed by atoms with Gasteiger partial charge < -0.3 is 0 Å². The fourth-order valence-electron chi connectivity index (χ4n) is 0.755.